The van der Waals surface area contributed by atoms with Gasteiger partial charge in [0, 0.05) is 29.4 Å². The molecule has 0 bridgehead atoms. The Labute approximate surface area is 129 Å². The number of hydrogen-bond donors (Lipinski definition) is 0. The molecule has 0 saturated heterocycles. The van der Waals surface area contributed by atoms with E-state index in [1.54, 1.807) is 17.8 Å². The highest BCUT2D eigenvalue weighted by Gasteiger charge is 2.10. The number of rotatable bonds is 4. The van der Waals surface area contributed by atoms with Crippen LogP contribution in [0.5, 0.6) is 0 Å². The number of azo groups is 1. The molecule has 0 atom stereocenters. The number of halogens is 2. The summed E-state index contributed by atoms with van der Waals surface area (Å²) in [6, 6.07) is 7.10. The van der Waals surface area contributed by atoms with E-state index in [-0.39, 0.29) is 5.56 Å². The molecule has 0 aliphatic rings. The van der Waals surface area contributed by atoms with Gasteiger partial charge in [0.25, 0.3) is 0 Å². The molecule has 0 spiro atoms. The highest BCUT2D eigenvalue weighted by molar-refractivity contribution is 7.13. The number of aromatic nitrogens is 2. The van der Waals surface area contributed by atoms with Crippen molar-refractivity contribution in [2.45, 2.75) is 6.54 Å². The zero-order valence-electron chi connectivity index (χ0n) is 11.3. The molecular weight excluding hydrogens is 306 g/mol. The molecule has 2 aromatic heterocycles. The third-order valence-electron chi connectivity index (χ3n) is 2.83. The molecule has 2 heterocycles. The Balaban J connectivity index is 1.73. The monoisotopic (exact) mass is 316 g/mol. The molecule has 4 nitrogen and oxygen atoms in total. The molecule has 7 heteroatoms. The van der Waals surface area contributed by atoms with Gasteiger partial charge >= 0.3 is 0 Å². The first-order valence-electron chi connectivity index (χ1n) is 6.40. The Hall–Kier alpha value is -2.54. The van der Waals surface area contributed by atoms with Crippen molar-refractivity contribution in [3.8, 4) is 11.3 Å². The van der Waals surface area contributed by atoms with Gasteiger partial charge in [0.15, 0.2) is 0 Å². The van der Waals surface area contributed by atoms with E-state index in [0.29, 0.717) is 17.4 Å². The lowest BCUT2D eigenvalue weighted by molar-refractivity contribution is 0.585. The van der Waals surface area contributed by atoms with Crippen LogP contribution in [0, 0.1) is 11.6 Å². The Morgan fingerprint density at radius 1 is 1.18 bits per heavy atom. The highest BCUT2D eigenvalue weighted by atomic mass is 32.1. The van der Waals surface area contributed by atoms with Crippen molar-refractivity contribution in [1.82, 2.24) is 9.97 Å². The lowest BCUT2D eigenvalue weighted by Gasteiger charge is -1.98. The number of thiazole rings is 1. The van der Waals surface area contributed by atoms with E-state index in [0.717, 1.165) is 11.6 Å². The van der Waals surface area contributed by atoms with Crippen molar-refractivity contribution in [3.05, 3.63) is 65.3 Å². The average molecular weight is 316 g/mol. The van der Waals surface area contributed by atoms with Crippen LogP contribution in [0.3, 0.4) is 0 Å². The van der Waals surface area contributed by atoms with Crippen LogP contribution in [-0.2, 0) is 6.54 Å². The zero-order chi connectivity index (χ0) is 15.4. The van der Waals surface area contributed by atoms with Gasteiger partial charge in [-0.05, 0) is 23.8 Å². The van der Waals surface area contributed by atoms with Gasteiger partial charge in [-0.25, -0.2) is 13.8 Å². The minimum atomic E-state index is -0.649. The second-order valence-electron chi connectivity index (χ2n) is 4.40. The smallest absolute Gasteiger partial charge is 0.230 e. The molecule has 0 aliphatic heterocycles. The van der Waals surface area contributed by atoms with Crippen LogP contribution in [0.15, 0.2) is 58.3 Å². The topological polar surface area (TPSA) is 50.5 Å². The van der Waals surface area contributed by atoms with Crippen molar-refractivity contribution in [2.75, 3.05) is 0 Å². The van der Waals surface area contributed by atoms with Gasteiger partial charge in [-0.1, -0.05) is 6.07 Å². The number of pyridine rings is 1. The zero-order valence-corrected chi connectivity index (χ0v) is 12.1. The van der Waals surface area contributed by atoms with Crippen LogP contribution in [0.25, 0.3) is 11.3 Å². The van der Waals surface area contributed by atoms with E-state index < -0.39 is 11.6 Å². The highest BCUT2D eigenvalue weighted by Crippen LogP contribution is 2.29. The number of hydrogen-bond acceptors (Lipinski definition) is 5. The SMILES string of the molecule is Fc1ccc(-c2csc(N=NCc3cccnc3)n2)c(F)c1. The largest absolute Gasteiger partial charge is 0.264 e. The molecule has 0 aliphatic carbocycles. The first-order valence-corrected chi connectivity index (χ1v) is 7.28. The molecule has 0 radical (unpaired) electrons. The Kier molecular flexibility index (Phi) is 4.24. The minimum Gasteiger partial charge on any atom is -0.264 e. The van der Waals surface area contributed by atoms with E-state index in [1.807, 2.05) is 12.1 Å². The fraction of sp³-hybridized carbons (Fsp3) is 0.0667. The maximum atomic E-state index is 13.7. The fourth-order valence-electron chi connectivity index (χ4n) is 1.80. The Morgan fingerprint density at radius 3 is 2.86 bits per heavy atom. The van der Waals surface area contributed by atoms with Gasteiger partial charge in [0.2, 0.25) is 5.13 Å². The van der Waals surface area contributed by atoms with Gasteiger partial charge in [0.05, 0.1) is 12.2 Å². The molecule has 1 aromatic carbocycles. The number of nitrogens with zero attached hydrogens (tertiary/aromatic N) is 4. The van der Waals surface area contributed by atoms with Gasteiger partial charge in [0.1, 0.15) is 11.6 Å². The summed E-state index contributed by atoms with van der Waals surface area (Å²) in [7, 11) is 0. The van der Waals surface area contributed by atoms with Crippen molar-refractivity contribution in [1.29, 1.82) is 0 Å². The molecule has 22 heavy (non-hydrogen) atoms. The van der Waals surface area contributed by atoms with Gasteiger partial charge in [-0.3, -0.25) is 4.98 Å². The molecule has 3 aromatic rings. The van der Waals surface area contributed by atoms with E-state index in [1.165, 1.54) is 23.5 Å². The first-order chi connectivity index (χ1) is 10.7. The summed E-state index contributed by atoms with van der Waals surface area (Å²) in [6.45, 7) is 0.396. The van der Waals surface area contributed by atoms with Gasteiger partial charge in [-0.15, -0.1) is 16.5 Å². The standard InChI is InChI=1S/C15H10F2N4S/c16-11-3-4-12(13(17)6-11)14-9-22-15(20-14)21-19-8-10-2-1-5-18-7-10/h1-7,9H,8H2. The predicted molar refractivity (Wildman–Crippen MR) is 79.9 cm³/mol. The van der Waals surface area contributed by atoms with Crippen molar-refractivity contribution in [3.63, 3.8) is 0 Å². The third kappa shape index (κ3) is 3.37. The summed E-state index contributed by atoms with van der Waals surface area (Å²) < 4.78 is 26.6. The van der Waals surface area contributed by atoms with Crippen LogP contribution < -0.4 is 0 Å². The summed E-state index contributed by atoms with van der Waals surface area (Å²) in [5.74, 6) is -1.27. The molecule has 0 amide bonds. The molecule has 110 valence electrons. The molecule has 0 N–H and O–H groups in total. The molecule has 3 rings (SSSR count). The Morgan fingerprint density at radius 2 is 2.09 bits per heavy atom. The van der Waals surface area contributed by atoms with Crippen molar-refractivity contribution in [2.24, 2.45) is 10.2 Å². The van der Waals surface area contributed by atoms with E-state index in [4.69, 9.17) is 0 Å². The normalized spacial score (nSPS) is 11.2. The third-order valence-corrected chi connectivity index (χ3v) is 3.56. The Bertz CT molecular complexity index is 802. The minimum absolute atomic E-state index is 0.242. The van der Waals surface area contributed by atoms with Crippen LogP contribution >= 0.6 is 11.3 Å². The first kappa shape index (κ1) is 14.4. The predicted octanol–water partition coefficient (Wildman–Crippen LogP) is 4.77. The second kappa shape index (κ2) is 6.48. The fourth-order valence-corrected chi connectivity index (χ4v) is 2.45. The molecule has 0 fully saturated rings. The lowest BCUT2D eigenvalue weighted by Crippen LogP contribution is -1.85. The second-order valence-corrected chi connectivity index (χ2v) is 5.24. The average Bonchev–Trinajstić information content (AvgIpc) is 2.97. The van der Waals surface area contributed by atoms with E-state index >= 15 is 0 Å². The summed E-state index contributed by atoms with van der Waals surface area (Å²) >= 11 is 1.24. The van der Waals surface area contributed by atoms with Gasteiger partial charge in [-0.2, -0.15) is 5.11 Å². The van der Waals surface area contributed by atoms with E-state index in [2.05, 4.69) is 20.2 Å². The summed E-state index contributed by atoms with van der Waals surface area (Å²) in [5.41, 5.74) is 1.59. The maximum absolute atomic E-state index is 13.7. The van der Waals surface area contributed by atoms with E-state index in [9.17, 15) is 8.78 Å². The molecular formula is C15H10F2N4S. The number of benzene rings is 1. The molecule has 0 unspecified atom stereocenters. The van der Waals surface area contributed by atoms with Gasteiger partial charge < -0.3 is 0 Å². The van der Waals surface area contributed by atoms with Crippen molar-refractivity contribution >= 4 is 16.5 Å². The lowest BCUT2D eigenvalue weighted by atomic mass is 10.1. The quantitative estimate of drug-likeness (QED) is 0.651. The van der Waals surface area contributed by atoms with Crippen LogP contribution in [0.4, 0.5) is 13.9 Å². The summed E-state index contributed by atoms with van der Waals surface area (Å²) in [6.07, 6.45) is 3.39. The van der Waals surface area contributed by atoms with Crippen LogP contribution in [-0.4, -0.2) is 9.97 Å². The van der Waals surface area contributed by atoms with Crippen molar-refractivity contribution < 1.29 is 8.78 Å². The molecule has 0 saturated carbocycles. The summed E-state index contributed by atoms with van der Waals surface area (Å²) in [5, 5.41) is 10.1. The summed E-state index contributed by atoms with van der Waals surface area (Å²) in [4.78, 5) is 8.17. The maximum Gasteiger partial charge on any atom is 0.230 e. The van der Waals surface area contributed by atoms with Crippen LogP contribution in [0.1, 0.15) is 5.56 Å². The van der Waals surface area contributed by atoms with Crippen LogP contribution in [0.2, 0.25) is 0 Å².